The number of amides is 1. The third-order valence-electron chi connectivity index (χ3n) is 6.04. The lowest BCUT2D eigenvalue weighted by Crippen LogP contribution is -2.39. The molecule has 0 aliphatic rings. The van der Waals surface area contributed by atoms with Gasteiger partial charge in [-0.3, -0.25) is 9.59 Å². The maximum Gasteiger partial charge on any atom is 0.255 e. The van der Waals surface area contributed by atoms with E-state index in [1.54, 1.807) is 42.6 Å². The summed E-state index contributed by atoms with van der Waals surface area (Å²) in [6, 6.07) is 16.4. The highest BCUT2D eigenvalue weighted by molar-refractivity contribution is 5.99. The van der Waals surface area contributed by atoms with Crippen molar-refractivity contribution in [1.82, 2.24) is 10.3 Å². The number of aromatic nitrogens is 1. The lowest BCUT2D eigenvalue weighted by atomic mass is 9.99. The molecule has 6 nitrogen and oxygen atoms in total. The quantitative estimate of drug-likeness (QED) is 0.264. The number of ketones is 1. The fourth-order valence-corrected chi connectivity index (χ4v) is 4.15. The largest absolute Gasteiger partial charge is 0.493 e. The van der Waals surface area contributed by atoms with Gasteiger partial charge in [-0.05, 0) is 72.9 Å². The van der Waals surface area contributed by atoms with E-state index in [9.17, 15) is 19.1 Å². The fraction of sp³-hybridized carbons (Fsp3) is 0.241. The van der Waals surface area contributed by atoms with Crippen LogP contribution in [0, 0.1) is 5.82 Å². The third kappa shape index (κ3) is 5.63. The predicted molar refractivity (Wildman–Crippen MR) is 138 cm³/mol. The van der Waals surface area contributed by atoms with Crippen LogP contribution in [0.1, 0.15) is 46.5 Å². The summed E-state index contributed by atoms with van der Waals surface area (Å²) in [6.07, 6.45) is 2.86. The fourth-order valence-electron chi connectivity index (χ4n) is 4.15. The van der Waals surface area contributed by atoms with Crippen molar-refractivity contribution >= 4 is 22.6 Å². The van der Waals surface area contributed by atoms with Gasteiger partial charge >= 0.3 is 0 Å². The Labute approximate surface area is 209 Å². The molecule has 1 heterocycles. The van der Waals surface area contributed by atoms with Crippen LogP contribution in [0.25, 0.3) is 22.0 Å². The van der Waals surface area contributed by atoms with Gasteiger partial charge in [0.05, 0.1) is 24.8 Å². The molecule has 1 amide bonds. The van der Waals surface area contributed by atoms with Gasteiger partial charge in [0.2, 0.25) is 0 Å². The molecule has 1 atom stereocenters. The number of nitrogens with one attached hydrogen (secondary N) is 2. The summed E-state index contributed by atoms with van der Waals surface area (Å²) in [5.74, 6) is -0.348. The first-order valence-corrected chi connectivity index (χ1v) is 11.9. The minimum absolute atomic E-state index is 0.0411. The van der Waals surface area contributed by atoms with Gasteiger partial charge in [0.25, 0.3) is 5.91 Å². The molecule has 0 saturated heterocycles. The number of Topliss-reactive ketones (excluding diaryl/α,β-unsaturated/α-hetero) is 1. The average Bonchev–Trinajstić information content (AvgIpc) is 3.28. The molecule has 0 spiro atoms. The van der Waals surface area contributed by atoms with Crippen LogP contribution < -0.4 is 10.1 Å². The molecule has 186 valence electrons. The molecule has 0 aliphatic heterocycles. The second-order valence-electron chi connectivity index (χ2n) is 8.76. The van der Waals surface area contributed by atoms with E-state index in [4.69, 9.17) is 4.74 Å². The molecule has 4 rings (SSSR count). The number of H-pyrrole nitrogens is 1. The van der Waals surface area contributed by atoms with Crippen molar-refractivity contribution in [2.75, 3.05) is 13.2 Å². The number of carbonyl (C=O) groups excluding carboxylic acids is 2. The lowest BCUT2D eigenvalue weighted by Gasteiger charge is -2.18. The average molecular weight is 489 g/mol. The standard InChI is InChI=1S/C29H29FN2O4/c1-3-11-36-28-10-7-21(20-6-4-5-19(12-20)18(2)34)14-26(28)29(35)32-24(17-33)13-22-16-31-27-9-8-23(30)15-25(22)27/h4-10,12,14-16,24,31,33H,3,11,13,17H2,1-2H3,(H,32,35). The van der Waals surface area contributed by atoms with Crippen molar-refractivity contribution < 1.29 is 23.8 Å². The first-order valence-electron chi connectivity index (χ1n) is 11.9. The van der Waals surface area contributed by atoms with E-state index < -0.39 is 11.9 Å². The minimum Gasteiger partial charge on any atom is -0.493 e. The van der Waals surface area contributed by atoms with Crippen molar-refractivity contribution in [1.29, 1.82) is 0 Å². The highest BCUT2D eigenvalue weighted by Crippen LogP contribution is 2.28. The Morgan fingerprint density at radius 3 is 2.64 bits per heavy atom. The van der Waals surface area contributed by atoms with Gasteiger partial charge in [-0.2, -0.15) is 0 Å². The summed E-state index contributed by atoms with van der Waals surface area (Å²) < 4.78 is 19.6. The van der Waals surface area contributed by atoms with Gasteiger partial charge in [-0.15, -0.1) is 0 Å². The maximum absolute atomic E-state index is 13.8. The maximum atomic E-state index is 13.8. The van der Waals surface area contributed by atoms with E-state index in [0.29, 0.717) is 35.3 Å². The zero-order valence-corrected chi connectivity index (χ0v) is 20.3. The number of rotatable bonds is 10. The summed E-state index contributed by atoms with van der Waals surface area (Å²) in [4.78, 5) is 28.3. The van der Waals surface area contributed by atoms with E-state index in [0.717, 1.165) is 28.6 Å². The molecular weight excluding hydrogens is 459 g/mol. The van der Waals surface area contributed by atoms with E-state index in [1.807, 2.05) is 19.1 Å². The van der Waals surface area contributed by atoms with E-state index in [1.165, 1.54) is 19.1 Å². The molecule has 0 fully saturated rings. The zero-order chi connectivity index (χ0) is 25.7. The topological polar surface area (TPSA) is 91.4 Å². The lowest BCUT2D eigenvalue weighted by molar-refractivity contribution is 0.0912. The first kappa shape index (κ1) is 25.1. The summed E-state index contributed by atoms with van der Waals surface area (Å²) in [5, 5.41) is 13.6. The Hall–Kier alpha value is -3.97. The second-order valence-corrected chi connectivity index (χ2v) is 8.76. The molecular formula is C29H29FN2O4. The highest BCUT2D eigenvalue weighted by atomic mass is 19.1. The second kappa shape index (κ2) is 11.2. The van der Waals surface area contributed by atoms with E-state index in [-0.39, 0.29) is 18.2 Å². The molecule has 3 aromatic carbocycles. The monoisotopic (exact) mass is 488 g/mol. The Morgan fingerprint density at radius 1 is 1.08 bits per heavy atom. The van der Waals surface area contributed by atoms with Crippen LogP contribution in [0.3, 0.4) is 0 Å². The third-order valence-corrected chi connectivity index (χ3v) is 6.04. The Balaban J connectivity index is 1.61. The van der Waals surface area contributed by atoms with Crippen molar-refractivity contribution in [3.8, 4) is 16.9 Å². The van der Waals surface area contributed by atoms with Gasteiger partial charge in [-0.25, -0.2) is 4.39 Å². The number of aromatic amines is 1. The van der Waals surface area contributed by atoms with Crippen LogP contribution in [0.4, 0.5) is 4.39 Å². The number of halogens is 1. The van der Waals surface area contributed by atoms with Crippen LogP contribution in [-0.2, 0) is 6.42 Å². The summed E-state index contributed by atoms with van der Waals surface area (Å²) in [6.45, 7) is 3.65. The summed E-state index contributed by atoms with van der Waals surface area (Å²) in [7, 11) is 0. The first-order chi connectivity index (χ1) is 17.4. The number of hydrogen-bond acceptors (Lipinski definition) is 4. The number of hydrogen-bond donors (Lipinski definition) is 3. The van der Waals surface area contributed by atoms with Crippen molar-refractivity contribution in [2.24, 2.45) is 0 Å². The number of ether oxygens (including phenoxy) is 1. The smallest absolute Gasteiger partial charge is 0.255 e. The number of aliphatic hydroxyl groups excluding tert-OH is 1. The molecule has 4 aromatic rings. The van der Waals surface area contributed by atoms with Crippen molar-refractivity contribution in [3.63, 3.8) is 0 Å². The molecule has 0 saturated carbocycles. The normalized spacial score (nSPS) is 11.9. The van der Waals surface area contributed by atoms with E-state index >= 15 is 0 Å². The van der Waals surface area contributed by atoms with Crippen LogP contribution in [0.5, 0.6) is 5.75 Å². The Morgan fingerprint density at radius 2 is 1.89 bits per heavy atom. The number of carbonyl (C=O) groups is 2. The van der Waals surface area contributed by atoms with Gasteiger partial charge in [0.15, 0.2) is 5.78 Å². The number of aliphatic hydroxyl groups is 1. The van der Waals surface area contributed by atoms with Gasteiger partial charge in [0.1, 0.15) is 11.6 Å². The predicted octanol–water partition coefficient (Wildman–Crippen LogP) is 5.30. The van der Waals surface area contributed by atoms with Gasteiger partial charge in [0, 0.05) is 22.7 Å². The van der Waals surface area contributed by atoms with E-state index in [2.05, 4.69) is 10.3 Å². The Kier molecular flexibility index (Phi) is 7.80. The number of fused-ring (bicyclic) bond motifs is 1. The van der Waals surface area contributed by atoms with Crippen LogP contribution >= 0.6 is 0 Å². The van der Waals surface area contributed by atoms with Gasteiger partial charge < -0.3 is 20.1 Å². The van der Waals surface area contributed by atoms with Crippen LogP contribution in [-0.4, -0.2) is 41.0 Å². The summed E-state index contributed by atoms with van der Waals surface area (Å²) >= 11 is 0. The zero-order valence-electron chi connectivity index (χ0n) is 20.3. The molecule has 36 heavy (non-hydrogen) atoms. The molecule has 7 heteroatoms. The van der Waals surface area contributed by atoms with Gasteiger partial charge in [-0.1, -0.05) is 31.2 Å². The summed E-state index contributed by atoms with van der Waals surface area (Å²) in [5.41, 5.74) is 4.06. The minimum atomic E-state index is -0.594. The Bertz CT molecular complexity index is 1400. The van der Waals surface area contributed by atoms with Crippen LogP contribution in [0.15, 0.2) is 66.9 Å². The van der Waals surface area contributed by atoms with Crippen molar-refractivity contribution in [2.45, 2.75) is 32.7 Å². The van der Waals surface area contributed by atoms with Crippen LogP contribution in [0.2, 0.25) is 0 Å². The number of benzene rings is 3. The highest BCUT2D eigenvalue weighted by Gasteiger charge is 2.20. The molecule has 0 radical (unpaired) electrons. The molecule has 0 aliphatic carbocycles. The molecule has 1 aromatic heterocycles. The molecule has 0 bridgehead atoms. The molecule has 1 unspecified atom stereocenters. The molecule has 3 N–H and O–H groups in total. The van der Waals surface area contributed by atoms with Crippen molar-refractivity contribution in [3.05, 3.63) is 89.4 Å². The SMILES string of the molecule is CCCOc1ccc(-c2cccc(C(C)=O)c2)cc1C(=O)NC(CO)Cc1c[nH]c2ccc(F)cc12.